The lowest BCUT2D eigenvalue weighted by atomic mass is 10.3. The number of methoxy groups -OCH3 is 1. The van der Waals surface area contributed by atoms with Gasteiger partial charge in [-0.25, -0.2) is 8.42 Å². The van der Waals surface area contributed by atoms with E-state index in [0.717, 1.165) is 0 Å². The molecule has 0 saturated heterocycles. The van der Waals surface area contributed by atoms with Crippen LogP contribution in [0, 0.1) is 0 Å². The Balaban J connectivity index is 3.13. The van der Waals surface area contributed by atoms with Gasteiger partial charge in [0.15, 0.2) is 0 Å². The summed E-state index contributed by atoms with van der Waals surface area (Å²) < 4.78 is 29.2. The number of hydrogen-bond donors (Lipinski definition) is 1. The average Bonchev–Trinajstić information content (AvgIpc) is 2.35. The second kappa shape index (κ2) is 5.73. The van der Waals surface area contributed by atoms with Crippen molar-refractivity contribution in [1.82, 2.24) is 0 Å². The van der Waals surface area contributed by atoms with Crippen LogP contribution in [0.5, 0.6) is 5.75 Å². The number of sulfone groups is 1. The average molecular weight is 268 g/mol. The monoisotopic (exact) mass is 268 g/mol. The van der Waals surface area contributed by atoms with Gasteiger partial charge in [-0.3, -0.25) is 0 Å². The second-order valence-electron chi connectivity index (χ2n) is 3.76. The highest BCUT2D eigenvalue weighted by molar-refractivity contribution is 7.95. The zero-order chi connectivity index (χ0) is 13.8. The van der Waals surface area contributed by atoms with E-state index in [1.54, 1.807) is 12.1 Å². The fourth-order valence-corrected chi connectivity index (χ4v) is 2.38. The molecule has 18 heavy (non-hydrogen) atoms. The van der Waals surface area contributed by atoms with Gasteiger partial charge in [0.25, 0.3) is 0 Å². The van der Waals surface area contributed by atoms with Crippen LogP contribution in [0.2, 0.25) is 0 Å². The predicted octanol–water partition coefficient (Wildman–Crippen LogP) is 2.83. The Bertz CT molecular complexity index is 562. The van der Waals surface area contributed by atoms with E-state index < -0.39 is 9.84 Å². The van der Waals surface area contributed by atoms with Crippen molar-refractivity contribution in [2.45, 2.75) is 18.7 Å². The van der Waals surface area contributed by atoms with Crippen molar-refractivity contribution in [3.63, 3.8) is 0 Å². The molecule has 0 fully saturated rings. The molecule has 0 saturated carbocycles. The first-order valence-electron chi connectivity index (χ1n) is 5.31. The third-order valence-corrected chi connectivity index (χ3v) is 4.23. The van der Waals surface area contributed by atoms with E-state index in [1.807, 2.05) is 0 Å². The van der Waals surface area contributed by atoms with Crippen LogP contribution < -0.4 is 4.74 Å². The third-order valence-electron chi connectivity index (χ3n) is 2.35. The maximum Gasteiger partial charge on any atom is 0.202 e. The second-order valence-corrected chi connectivity index (χ2v) is 5.89. The summed E-state index contributed by atoms with van der Waals surface area (Å²) in [5, 5.41) is 9.01. The van der Waals surface area contributed by atoms with Gasteiger partial charge in [-0.1, -0.05) is 0 Å². The molecule has 0 aliphatic rings. The SMILES string of the molecule is COc1ccc(S(=O)(=O)/C(C)=C/C=C(\C)O)cc1. The molecule has 1 N–H and O–H groups in total. The van der Waals surface area contributed by atoms with Gasteiger partial charge in [-0.05, 0) is 50.3 Å². The molecule has 98 valence electrons. The first kappa shape index (κ1) is 14.3. The molecular formula is C13H16O4S. The number of ether oxygens (including phenoxy) is 1. The van der Waals surface area contributed by atoms with E-state index in [4.69, 9.17) is 9.84 Å². The molecule has 1 aromatic carbocycles. The minimum Gasteiger partial charge on any atom is -0.513 e. The molecule has 4 nitrogen and oxygen atoms in total. The number of allylic oxidation sites excluding steroid dienone is 4. The molecule has 0 radical (unpaired) electrons. The van der Waals surface area contributed by atoms with E-state index in [1.165, 1.54) is 45.2 Å². The van der Waals surface area contributed by atoms with Crippen LogP contribution >= 0.6 is 0 Å². The number of hydrogen-bond acceptors (Lipinski definition) is 4. The number of rotatable bonds is 4. The highest BCUT2D eigenvalue weighted by Crippen LogP contribution is 2.21. The van der Waals surface area contributed by atoms with E-state index in [0.29, 0.717) is 5.75 Å². The van der Waals surface area contributed by atoms with E-state index >= 15 is 0 Å². The van der Waals surface area contributed by atoms with Gasteiger partial charge in [0.1, 0.15) is 5.75 Å². The fraction of sp³-hybridized carbons (Fsp3) is 0.231. The molecule has 5 heteroatoms. The van der Waals surface area contributed by atoms with E-state index in [2.05, 4.69) is 0 Å². The van der Waals surface area contributed by atoms with Gasteiger partial charge >= 0.3 is 0 Å². The van der Waals surface area contributed by atoms with Gasteiger partial charge in [0.05, 0.1) is 17.8 Å². The number of aliphatic hydroxyl groups excluding tert-OH is 1. The van der Waals surface area contributed by atoms with Gasteiger partial charge in [0.2, 0.25) is 9.84 Å². The normalized spacial score (nSPS) is 13.5. The summed E-state index contributed by atoms with van der Waals surface area (Å²) in [4.78, 5) is 0.363. The number of benzene rings is 1. The largest absolute Gasteiger partial charge is 0.513 e. The Kier molecular flexibility index (Phi) is 4.55. The van der Waals surface area contributed by atoms with Crippen molar-refractivity contribution in [3.05, 3.63) is 47.1 Å². The summed E-state index contributed by atoms with van der Waals surface area (Å²) in [5.41, 5.74) is 0. The van der Waals surface area contributed by atoms with Gasteiger partial charge in [-0.15, -0.1) is 0 Å². The quantitative estimate of drug-likeness (QED) is 0.673. The Labute approximate surface area is 107 Å². The highest BCUT2D eigenvalue weighted by atomic mass is 32.2. The van der Waals surface area contributed by atoms with Crippen molar-refractivity contribution < 1.29 is 18.3 Å². The first-order chi connectivity index (χ1) is 8.37. The molecule has 1 aromatic rings. The first-order valence-corrected chi connectivity index (χ1v) is 6.79. The van der Waals surface area contributed by atoms with Crippen molar-refractivity contribution in [2.24, 2.45) is 0 Å². The fourth-order valence-electron chi connectivity index (χ4n) is 1.27. The topological polar surface area (TPSA) is 63.6 Å². The Morgan fingerprint density at radius 3 is 2.17 bits per heavy atom. The standard InChI is InChI=1S/C13H16O4S/c1-10(14)4-5-11(2)18(15,16)13-8-6-12(17-3)7-9-13/h4-9,14H,1-3H3/b10-4+,11-5+. The summed E-state index contributed by atoms with van der Waals surface area (Å²) in [5.74, 6) is 0.654. The van der Waals surface area contributed by atoms with Gasteiger partial charge in [0, 0.05) is 4.91 Å². The summed E-state index contributed by atoms with van der Waals surface area (Å²) in [7, 11) is -1.99. The third kappa shape index (κ3) is 3.37. The summed E-state index contributed by atoms with van der Waals surface area (Å²) in [6.07, 6.45) is 2.71. The van der Waals surface area contributed by atoms with Crippen LogP contribution in [0.4, 0.5) is 0 Å². The maximum absolute atomic E-state index is 12.1. The van der Waals surface area contributed by atoms with E-state index in [-0.39, 0.29) is 15.6 Å². The van der Waals surface area contributed by atoms with Gasteiger partial charge in [-0.2, -0.15) is 0 Å². The van der Waals surface area contributed by atoms with Crippen molar-refractivity contribution in [3.8, 4) is 5.75 Å². The molecule has 0 spiro atoms. The molecule has 0 atom stereocenters. The van der Waals surface area contributed by atoms with Crippen LogP contribution in [0.15, 0.2) is 52.0 Å². The zero-order valence-electron chi connectivity index (χ0n) is 10.5. The molecule has 0 aliphatic carbocycles. The predicted molar refractivity (Wildman–Crippen MR) is 70.3 cm³/mol. The van der Waals surface area contributed by atoms with Crippen LogP contribution in [0.3, 0.4) is 0 Å². The Morgan fingerprint density at radius 1 is 1.17 bits per heavy atom. The van der Waals surface area contributed by atoms with Crippen molar-refractivity contribution >= 4 is 9.84 Å². The molecule has 0 aromatic heterocycles. The van der Waals surface area contributed by atoms with Crippen LogP contribution in [0.1, 0.15) is 13.8 Å². The zero-order valence-corrected chi connectivity index (χ0v) is 11.4. The maximum atomic E-state index is 12.1. The lowest BCUT2D eigenvalue weighted by Gasteiger charge is -2.05. The molecule has 0 unspecified atom stereocenters. The van der Waals surface area contributed by atoms with Crippen LogP contribution in [0.25, 0.3) is 0 Å². The van der Waals surface area contributed by atoms with Crippen molar-refractivity contribution in [1.29, 1.82) is 0 Å². The minimum absolute atomic E-state index is 0.0549. The summed E-state index contributed by atoms with van der Waals surface area (Å²) in [6.45, 7) is 2.96. The summed E-state index contributed by atoms with van der Waals surface area (Å²) >= 11 is 0. The summed E-state index contributed by atoms with van der Waals surface area (Å²) in [6, 6.07) is 6.16. The van der Waals surface area contributed by atoms with E-state index in [9.17, 15) is 8.42 Å². The number of aliphatic hydroxyl groups is 1. The molecule has 1 rings (SSSR count). The lowest BCUT2D eigenvalue weighted by Crippen LogP contribution is -2.02. The lowest BCUT2D eigenvalue weighted by molar-refractivity contribution is 0.414. The molecule has 0 amide bonds. The van der Waals surface area contributed by atoms with Crippen molar-refractivity contribution in [2.75, 3.05) is 7.11 Å². The Morgan fingerprint density at radius 2 is 1.72 bits per heavy atom. The molecular weight excluding hydrogens is 252 g/mol. The van der Waals surface area contributed by atoms with Crippen LogP contribution in [-0.2, 0) is 9.84 Å². The van der Waals surface area contributed by atoms with Gasteiger partial charge < -0.3 is 9.84 Å². The van der Waals surface area contributed by atoms with Crippen LogP contribution in [-0.4, -0.2) is 20.6 Å². The molecule has 0 heterocycles. The Hall–Kier alpha value is -1.75. The molecule has 0 aliphatic heterocycles. The highest BCUT2D eigenvalue weighted by Gasteiger charge is 2.16. The smallest absolute Gasteiger partial charge is 0.202 e. The molecule has 0 bridgehead atoms. The minimum atomic E-state index is -3.51.